The van der Waals surface area contributed by atoms with Crippen molar-refractivity contribution in [2.45, 2.75) is 0 Å². The number of ether oxygens (including phenoxy) is 1. The Morgan fingerprint density at radius 2 is 2.04 bits per heavy atom. The summed E-state index contributed by atoms with van der Waals surface area (Å²) in [5, 5.41) is 4.05. The van der Waals surface area contributed by atoms with Crippen LogP contribution >= 0.6 is 11.3 Å². The van der Waals surface area contributed by atoms with E-state index in [4.69, 9.17) is 4.74 Å². The topological polar surface area (TPSA) is 78.5 Å². The van der Waals surface area contributed by atoms with E-state index >= 15 is 0 Å². The van der Waals surface area contributed by atoms with Gasteiger partial charge in [0.05, 0.1) is 22.9 Å². The van der Waals surface area contributed by atoms with Crippen molar-refractivity contribution in [1.29, 1.82) is 0 Å². The van der Waals surface area contributed by atoms with Crippen LogP contribution in [0.4, 0.5) is 0 Å². The van der Waals surface area contributed by atoms with Crippen molar-refractivity contribution in [1.82, 2.24) is 14.3 Å². The molecule has 2 aromatic heterocycles. The standard InChI is InChI=1S/C15H14N4O3S/c1-18-7-6-10(17-18)13(20)16-15-19(2)11-5-4-9(14(21)22-3)8-12(11)23-15/h4-8H,1-3H3. The first-order valence-electron chi connectivity index (χ1n) is 6.76. The Labute approximate surface area is 135 Å². The molecule has 0 saturated heterocycles. The van der Waals surface area contributed by atoms with E-state index in [2.05, 4.69) is 10.1 Å². The third-order valence-corrected chi connectivity index (χ3v) is 4.45. The van der Waals surface area contributed by atoms with E-state index < -0.39 is 11.9 Å². The summed E-state index contributed by atoms with van der Waals surface area (Å²) < 4.78 is 8.93. The molecule has 3 rings (SSSR count). The van der Waals surface area contributed by atoms with Crippen molar-refractivity contribution in [3.63, 3.8) is 0 Å². The van der Waals surface area contributed by atoms with Crippen LogP contribution in [0.1, 0.15) is 20.8 Å². The highest BCUT2D eigenvalue weighted by Crippen LogP contribution is 2.19. The highest BCUT2D eigenvalue weighted by molar-refractivity contribution is 7.16. The number of hydrogen-bond acceptors (Lipinski definition) is 5. The monoisotopic (exact) mass is 330 g/mol. The van der Waals surface area contributed by atoms with Crippen molar-refractivity contribution in [2.75, 3.05) is 7.11 Å². The third-order valence-electron chi connectivity index (χ3n) is 3.36. The minimum atomic E-state index is -0.402. The molecule has 0 bridgehead atoms. The zero-order valence-electron chi connectivity index (χ0n) is 12.8. The molecular formula is C15H14N4O3S. The number of rotatable bonds is 2. The second-order valence-corrected chi connectivity index (χ2v) is 5.92. The van der Waals surface area contributed by atoms with Crippen LogP contribution in [0.25, 0.3) is 10.2 Å². The lowest BCUT2D eigenvalue weighted by molar-refractivity contribution is 0.0601. The highest BCUT2D eigenvalue weighted by Gasteiger charge is 2.11. The van der Waals surface area contributed by atoms with E-state index in [1.165, 1.54) is 18.4 Å². The SMILES string of the molecule is COC(=O)c1ccc2c(c1)sc(=NC(=O)c1ccn(C)n1)n2C. The largest absolute Gasteiger partial charge is 0.465 e. The number of carbonyl (C=O) groups excluding carboxylic acids is 2. The number of aromatic nitrogens is 3. The van der Waals surface area contributed by atoms with Crippen LogP contribution in [0, 0.1) is 0 Å². The van der Waals surface area contributed by atoms with Crippen molar-refractivity contribution in [3.05, 3.63) is 46.5 Å². The number of thiazole rings is 1. The highest BCUT2D eigenvalue weighted by atomic mass is 32.1. The summed E-state index contributed by atoms with van der Waals surface area (Å²) in [5.74, 6) is -0.799. The number of amides is 1. The van der Waals surface area contributed by atoms with Crippen LogP contribution in [0.15, 0.2) is 35.5 Å². The van der Waals surface area contributed by atoms with Crippen molar-refractivity contribution in [2.24, 2.45) is 19.1 Å². The molecule has 23 heavy (non-hydrogen) atoms. The molecule has 0 fully saturated rings. The van der Waals surface area contributed by atoms with E-state index in [-0.39, 0.29) is 0 Å². The molecule has 0 N–H and O–H groups in total. The molecule has 0 atom stereocenters. The summed E-state index contributed by atoms with van der Waals surface area (Å²) in [5.41, 5.74) is 1.64. The lowest BCUT2D eigenvalue weighted by Gasteiger charge is -1.99. The van der Waals surface area contributed by atoms with Gasteiger partial charge in [-0.25, -0.2) is 4.79 Å². The summed E-state index contributed by atoms with van der Waals surface area (Å²) >= 11 is 1.33. The fourth-order valence-corrected chi connectivity index (χ4v) is 3.21. The molecule has 7 nitrogen and oxygen atoms in total. The minimum Gasteiger partial charge on any atom is -0.465 e. The van der Waals surface area contributed by atoms with Crippen LogP contribution in [0.2, 0.25) is 0 Å². The Morgan fingerprint density at radius 1 is 1.26 bits per heavy atom. The maximum absolute atomic E-state index is 12.2. The number of nitrogens with zero attached hydrogens (tertiary/aromatic N) is 4. The Hall–Kier alpha value is -2.74. The van der Waals surface area contributed by atoms with Gasteiger partial charge in [0.1, 0.15) is 0 Å². The quantitative estimate of drug-likeness (QED) is 0.667. The van der Waals surface area contributed by atoms with E-state index in [0.717, 1.165) is 10.2 Å². The lowest BCUT2D eigenvalue weighted by atomic mass is 10.2. The molecular weight excluding hydrogens is 316 g/mol. The zero-order chi connectivity index (χ0) is 16.6. The normalized spacial score (nSPS) is 11.9. The van der Waals surface area contributed by atoms with Crippen LogP contribution in [-0.2, 0) is 18.8 Å². The van der Waals surface area contributed by atoms with Crippen LogP contribution in [-0.4, -0.2) is 33.3 Å². The molecule has 0 aliphatic heterocycles. The van der Waals surface area contributed by atoms with E-state index in [0.29, 0.717) is 16.1 Å². The average Bonchev–Trinajstić information content (AvgIpc) is 3.11. The van der Waals surface area contributed by atoms with Crippen LogP contribution < -0.4 is 4.80 Å². The summed E-state index contributed by atoms with van der Waals surface area (Å²) in [6.45, 7) is 0. The van der Waals surface area contributed by atoms with Crippen molar-refractivity contribution < 1.29 is 14.3 Å². The summed E-state index contributed by atoms with van der Waals surface area (Å²) in [4.78, 5) is 28.4. The second kappa shape index (κ2) is 5.81. The molecule has 0 aliphatic rings. The van der Waals surface area contributed by atoms with Gasteiger partial charge in [0, 0.05) is 20.3 Å². The Balaban J connectivity index is 2.07. The molecule has 2 heterocycles. The van der Waals surface area contributed by atoms with Gasteiger partial charge in [-0.2, -0.15) is 10.1 Å². The molecule has 0 radical (unpaired) electrons. The van der Waals surface area contributed by atoms with Gasteiger partial charge in [-0.1, -0.05) is 11.3 Å². The van der Waals surface area contributed by atoms with Gasteiger partial charge in [0.15, 0.2) is 10.5 Å². The fourth-order valence-electron chi connectivity index (χ4n) is 2.16. The molecule has 0 unspecified atom stereocenters. The van der Waals surface area contributed by atoms with Gasteiger partial charge in [0.2, 0.25) is 0 Å². The van der Waals surface area contributed by atoms with Gasteiger partial charge in [0.25, 0.3) is 5.91 Å². The zero-order valence-corrected chi connectivity index (χ0v) is 13.6. The smallest absolute Gasteiger partial charge is 0.337 e. The number of carbonyl (C=O) groups is 2. The maximum Gasteiger partial charge on any atom is 0.337 e. The van der Waals surface area contributed by atoms with Gasteiger partial charge < -0.3 is 9.30 Å². The fraction of sp³-hybridized carbons (Fsp3) is 0.200. The van der Waals surface area contributed by atoms with E-state index in [1.807, 2.05) is 17.7 Å². The van der Waals surface area contributed by atoms with Crippen molar-refractivity contribution >= 4 is 33.4 Å². The average molecular weight is 330 g/mol. The number of methoxy groups -OCH3 is 1. The first-order chi connectivity index (χ1) is 11.0. The van der Waals surface area contributed by atoms with Gasteiger partial charge in [-0.05, 0) is 24.3 Å². The second-order valence-electron chi connectivity index (χ2n) is 4.91. The molecule has 1 aromatic carbocycles. The molecule has 1 amide bonds. The molecule has 0 spiro atoms. The summed E-state index contributed by atoms with van der Waals surface area (Å²) in [6.07, 6.45) is 1.69. The van der Waals surface area contributed by atoms with Gasteiger partial charge in [-0.3, -0.25) is 9.48 Å². The maximum atomic E-state index is 12.2. The molecule has 0 aliphatic carbocycles. The molecule has 8 heteroatoms. The summed E-state index contributed by atoms with van der Waals surface area (Å²) in [7, 11) is 4.90. The van der Waals surface area contributed by atoms with Gasteiger partial charge >= 0.3 is 5.97 Å². The lowest BCUT2D eigenvalue weighted by Crippen LogP contribution is -2.13. The third kappa shape index (κ3) is 2.80. The first-order valence-corrected chi connectivity index (χ1v) is 7.58. The number of hydrogen-bond donors (Lipinski definition) is 0. The number of fused-ring (bicyclic) bond motifs is 1. The first kappa shape index (κ1) is 15.2. The van der Waals surface area contributed by atoms with E-state index in [1.54, 1.807) is 36.1 Å². The molecule has 118 valence electrons. The Kier molecular flexibility index (Phi) is 3.83. The molecule has 0 saturated carbocycles. The Morgan fingerprint density at radius 3 is 2.70 bits per heavy atom. The molecule has 3 aromatic rings. The minimum absolute atomic E-state index is 0.292. The predicted molar refractivity (Wildman–Crippen MR) is 85.2 cm³/mol. The number of esters is 1. The summed E-state index contributed by atoms with van der Waals surface area (Å²) in [6, 6.07) is 6.85. The van der Waals surface area contributed by atoms with Crippen molar-refractivity contribution in [3.8, 4) is 0 Å². The number of benzene rings is 1. The Bertz CT molecular complexity index is 980. The van der Waals surface area contributed by atoms with Crippen LogP contribution in [0.3, 0.4) is 0 Å². The van der Waals surface area contributed by atoms with Gasteiger partial charge in [-0.15, -0.1) is 0 Å². The van der Waals surface area contributed by atoms with Crippen LogP contribution in [0.5, 0.6) is 0 Å². The number of aryl methyl sites for hydroxylation is 2. The predicted octanol–water partition coefficient (Wildman–Crippen LogP) is 1.50. The van der Waals surface area contributed by atoms with E-state index in [9.17, 15) is 9.59 Å².